The molecular weight excluding hydrogens is 354 g/mol. The number of carbonyl (C=O) groups is 1. The third-order valence-electron chi connectivity index (χ3n) is 4.35. The molecule has 2 atom stereocenters. The maximum Gasteiger partial charge on any atom is 0.261 e. The molecule has 0 fully saturated rings. The van der Waals surface area contributed by atoms with Crippen molar-refractivity contribution in [1.82, 2.24) is 5.32 Å². The molecule has 0 aromatic heterocycles. The molecule has 0 unspecified atom stereocenters. The fraction of sp³-hybridized carbons (Fsp3) is 0.435. The average molecular weight is 386 g/mol. The van der Waals surface area contributed by atoms with Gasteiger partial charge < -0.3 is 19.5 Å². The second kappa shape index (κ2) is 9.49. The van der Waals surface area contributed by atoms with E-state index >= 15 is 0 Å². The quantitative estimate of drug-likeness (QED) is 0.734. The minimum absolute atomic E-state index is 0.0842. The van der Waals surface area contributed by atoms with Crippen LogP contribution in [0.5, 0.6) is 17.2 Å². The van der Waals surface area contributed by atoms with Crippen molar-refractivity contribution >= 4 is 5.91 Å². The second-order valence-corrected chi connectivity index (χ2v) is 7.93. The van der Waals surface area contributed by atoms with Gasteiger partial charge in [0.2, 0.25) is 0 Å². The molecule has 5 nitrogen and oxygen atoms in total. The Labute approximate surface area is 168 Å². The molecule has 152 valence electrons. The Hall–Kier alpha value is -2.69. The SMILES string of the molecule is COc1ccc(OC[C@H](C)NC(=O)[C@H](C)Oc2ccc(C(C)(C)C)cc2)cc1. The molecular formula is C23H31NO4. The topological polar surface area (TPSA) is 56.8 Å². The summed E-state index contributed by atoms with van der Waals surface area (Å²) in [6.07, 6.45) is -0.594. The first-order valence-electron chi connectivity index (χ1n) is 9.53. The van der Waals surface area contributed by atoms with E-state index in [-0.39, 0.29) is 17.4 Å². The van der Waals surface area contributed by atoms with E-state index in [9.17, 15) is 4.79 Å². The monoisotopic (exact) mass is 385 g/mol. The molecule has 28 heavy (non-hydrogen) atoms. The summed E-state index contributed by atoms with van der Waals surface area (Å²) in [5, 5.41) is 2.91. The average Bonchev–Trinajstić information content (AvgIpc) is 2.66. The fourth-order valence-corrected chi connectivity index (χ4v) is 2.59. The third kappa shape index (κ3) is 6.48. The zero-order valence-electron chi connectivity index (χ0n) is 17.6. The van der Waals surface area contributed by atoms with E-state index in [0.29, 0.717) is 12.4 Å². The number of benzene rings is 2. The number of methoxy groups -OCH3 is 1. The highest BCUT2D eigenvalue weighted by molar-refractivity contribution is 5.81. The number of rotatable bonds is 8. The van der Waals surface area contributed by atoms with E-state index in [1.807, 2.05) is 55.5 Å². The van der Waals surface area contributed by atoms with Gasteiger partial charge in [0.1, 0.15) is 23.9 Å². The third-order valence-corrected chi connectivity index (χ3v) is 4.35. The molecule has 0 spiro atoms. The summed E-state index contributed by atoms with van der Waals surface area (Å²) in [7, 11) is 1.62. The summed E-state index contributed by atoms with van der Waals surface area (Å²) in [5.74, 6) is 2.00. The molecule has 0 saturated heterocycles. The van der Waals surface area contributed by atoms with Crippen molar-refractivity contribution in [2.24, 2.45) is 0 Å². The first-order chi connectivity index (χ1) is 13.2. The van der Waals surface area contributed by atoms with E-state index in [4.69, 9.17) is 14.2 Å². The maximum absolute atomic E-state index is 12.4. The predicted molar refractivity (Wildman–Crippen MR) is 111 cm³/mol. The van der Waals surface area contributed by atoms with Crippen LogP contribution >= 0.6 is 0 Å². The van der Waals surface area contributed by atoms with Crippen LogP contribution in [0.15, 0.2) is 48.5 Å². The summed E-state index contributed by atoms with van der Waals surface area (Å²) in [6.45, 7) is 10.5. The standard InChI is InChI=1S/C23H31NO4/c1-16(15-27-20-13-11-19(26-6)12-14-20)24-22(25)17(2)28-21-9-7-18(8-10-21)23(3,4)5/h7-14,16-17H,15H2,1-6H3,(H,24,25)/t16-,17-/m0/s1. The molecule has 0 bridgehead atoms. The van der Waals surface area contributed by atoms with Gasteiger partial charge in [-0.1, -0.05) is 32.9 Å². The van der Waals surface area contributed by atoms with Crippen molar-refractivity contribution in [3.8, 4) is 17.2 Å². The lowest BCUT2D eigenvalue weighted by atomic mass is 9.87. The van der Waals surface area contributed by atoms with Gasteiger partial charge in [0.05, 0.1) is 13.2 Å². The highest BCUT2D eigenvalue weighted by Crippen LogP contribution is 2.24. The molecule has 2 aromatic carbocycles. The van der Waals surface area contributed by atoms with Gasteiger partial charge in [-0.05, 0) is 61.2 Å². The van der Waals surface area contributed by atoms with E-state index in [1.54, 1.807) is 14.0 Å². The highest BCUT2D eigenvalue weighted by Gasteiger charge is 2.18. The number of hydrogen-bond acceptors (Lipinski definition) is 4. The van der Waals surface area contributed by atoms with Gasteiger partial charge in [-0.25, -0.2) is 0 Å². The largest absolute Gasteiger partial charge is 0.497 e. The molecule has 0 saturated carbocycles. The molecule has 1 N–H and O–H groups in total. The number of carbonyl (C=O) groups excluding carboxylic acids is 1. The molecule has 2 rings (SSSR count). The Morgan fingerprint density at radius 3 is 2.00 bits per heavy atom. The lowest BCUT2D eigenvalue weighted by Gasteiger charge is -2.21. The van der Waals surface area contributed by atoms with Gasteiger partial charge in [0, 0.05) is 0 Å². The smallest absolute Gasteiger partial charge is 0.261 e. The molecule has 0 radical (unpaired) electrons. The summed E-state index contributed by atoms with van der Waals surface area (Å²) >= 11 is 0. The van der Waals surface area contributed by atoms with Crippen LogP contribution in [0, 0.1) is 0 Å². The lowest BCUT2D eigenvalue weighted by molar-refractivity contribution is -0.128. The summed E-state index contributed by atoms with van der Waals surface area (Å²) in [5.41, 5.74) is 1.31. The van der Waals surface area contributed by atoms with Crippen LogP contribution in [0.2, 0.25) is 0 Å². The summed E-state index contributed by atoms with van der Waals surface area (Å²) < 4.78 is 16.6. The summed E-state index contributed by atoms with van der Waals surface area (Å²) in [6, 6.07) is 15.1. The van der Waals surface area contributed by atoms with Crippen molar-refractivity contribution in [2.45, 2.75) is 52.2 Å². The molecule has 0 heterocycles. The van der Waals surface area contributed by atoms with Crippen molar-refractivity contribution < 1.29 is 19.0 Å². The normalized spacial score (nSPS) is 13.4. The molecule has 2 aromatic rings. The Balaban J connectivity index is 1.80. The van der Waals surface area contributed by atoms with Gasteiger partial charge in [-0.3, -0.25) is 4.79 Å². The van der Waals surface area contributed by atoms with Crippen molar-refractivity contribution in [3.63, 3.8) is 0 Å². The van der Waals surface area contributed by atoms with Gasteiger partial charge in [0.25, 0.3) is 5.91 Å². The Morgan fingerprint density at radius 2 is 1.46 bits per heavy atom. The lowest BCUT2D eigenvalue weighted by Crippen LogP contribution is -2.43. The van der Waals surface area contributed by atoms with Crippen molar-refractivity contribution in [1.29, 1.82) is 0 Å². The molecule has 0 aliphatic rings. The van der Waals surface area contributed by atoms with E-state index in [2.05, 4.69) is 26.1 Å². The van der Waals surface area contributed by atoms with Crippen LogP contribution in [-0.2, 0) is 10.2 Å². The van der Waals surface area contributed by atoms with Gasteiger partial charge >= 0.3 is 0 Å². The molecule has 0 aliphatic carbocycles. The summed E-state index contributed by atoms with van der Waals surface area (Å²) in [4.78, 5) is 12.4. The Bertz CT molecular complexity index is 748. The number of ether oxygens (including phenoxy) is 3. The zero-order chi connectivity index (χ0) is 20.7. The number of nitrogens with one attached hydrogen (secondary N) is 1. The van der Waals surface area contributed by atoms with Gasteiger partial charge in [-0.2, -0.15) is 0 Å². The van der Waals surface area contributed by atoms with Crippen LogP contribution in [0.1, 0.15) is 40.2 Å². The zero-order valence-corrected chi connectivity index (χ0v) is 17.6. The molecule has 1 amide bonds. The van der Waals surface area contributed by atoms with Crippen LogP contribution in [0.3, 0.4) is 0 Å². The van der Waals surface area contributed by atoms with Crippen LogP contribution < -0.4 is 19.5 Å². The van der Waals surface area contributed by atoms with Crippen LogP contribution in [0.25, 0.3) is 0 Å². The van der Waals surface area contributed by atoms with E-state index < -0.39 is 6.10 Å². The fourth-order valence-electron chi connectivity index (χ4n) is 2.59. The Kier molecular flexibility index (Phi) is 7.32. The molecule has 5 heteroatoms. The maximum atomic E-state index is 12.4. The van der Waals surface area contributed by atoms with Gasteiger partial charge in [-0.15, -0.1) is 0 Å². The number of amides is 1. The first kappa shape index (κ1) is 21.6. The van der Waals surface area contributed by atoms with E-state index in [1.165, 1.54) is 5.56 Å². The van der Waals surface area contributed by atoms with Gasteiger partial charge in [0.15, 0.2) is 6.10 Å². The molecule has 0 aliphatic heterocycles. The van der Waals surface area contributed by atoms with Crippen LogP contribution in [-0.4, -0.2) is 31.8 Å². The van der Waals surface area contributed by atoms with Crippen molar-refractivity contribution in [2.75, 3.05) is 13.7 Å². The van der Waals surface area contributed by atoms with Crippen molar-refractivity contribution in [3.05, 3.63) is 54.1 Å². The second-order valence-electron chi connectivity index (χ2n) is 7.93. The highest BCUT2D eigenvalue weighted by atomic mass is 16.5. The Morgan fingerprint density at radius 1 is 0.929 bits per heavy atom. The predicted octanol–water partition coefficient (Wildman–Crippen LogP) is 4.34. The first-order valence-corrected chi connectivity index (χ1v) is 9.53. The number of hydrogen-bond donors (Lipinski definition) is 1. The minimum Gasteiger partial charge on any atom is -0.497 e. The van der Waals surface area contributed by atoms with E-state index in [0.717, 1.165) is 11.5 Å². The minimum atomic E-state index is -0.594. The van der Waals surface area contributed by atoms with Crippen LogP contribution in [0.4, 0.5) is 0 Å².